The average Bonchev–Trinajstić information content (AvgIpc) is 2.59. The third-order valence-electron chi connectivity index (χ3n) is 3.86. The van der Waals surface area contributed by atoms with Crippen LogP contribution >= 0.6 is 0 Å². The Morgan fingerprint density at radius 3 is 2.39 bits per heavy atom. The Balaban J connectivity index is 2.15. The molecule has 1 atom stereocenters. The number of benzene rings is 1. The van der Waals surface area contributed by atoms with Gasteiger partial charge in [0.05, 0.1) is 14.2 Å². The number of nitrogens with zero attached hydrogens (tertiary/aromatic N) is 1. The number of methoxy groups -OCH3 is 2. The fourth-order valence-electron chi connectivity index (χ4n) is 2.64. The lowest BCUT2D eigenvalue weighted by molar-refractivity contribution is -0.150. The number of carbonyl (C=O) groups excluding carboxylic acids is 1. The van der Waals surface area contributed by atoms with Crippen LogP contribution in [0.25, 0.3) is 6.08 Å². The zero-order chi connectivity index (χ0) is 16.8. The van der Waals surface area contributed by atoms with Gasteiger partial charge in [0.25, 0.3) is 0 Å². The van der Waals surface area contributed by atoms with Crippen LogP contribution in [0, 0.1) is 0 Å². The number of hydrogen-bond donors (Lipinski definition) is 1. The molecule has 0 spiro atoms. The van der Waals surface area contributed by atoms with E-state index in [0.717, 1.165) is 18.4 Å². The molecule has 1 aliphatic rings. The van der Waals surface area contributed by atoms with E-state index in [-0.39, 0.29) is 5.91 Å². The van der Waals surface area contributed by atoms with Crippen LogP contribution in [-0.4, -0.2) is 48.7 Å². The monoisotopic (exact) mass is 319 g/mol. The summed E-state index contributed by atoms with van der Waals surface area (Å²) in [5, 5.41) is 9.23. The van der Waals surface area contributed by atoms with E-state index in [4.69, 9.17) is 9.47 Å². The molecule has 0 bridgehead atoms. The molecule has 1 aromatic carbocycles. The van der Waals surface area contributed by atoms with Crippen LogP contribution in [0.3, 0.4) is 0 Å². The molecule has 1 aliphatic heterocycles. The van der Waals surface area contributed by atoms with E-state index >= 15 is 0 Å². The van der Waals surface area contributed by atoms with Gasteiger partial charge >= 0.3 is 5.97 Å². The number of carboxylic acids is 1. The van der Waals surface area contributed by atoms with Gasteiger partial charge in [-0.05, 0) is 43.0 Å². The van der Waals surface area contributed by atoms with Crippen molar-refractivity contribution >= 4 is 18.0 Å². The highest BCUT2D eigenvalue weighted by Crippen LogP contribution is 2.23. The number of piperidine rings is 1. The predicted octanol–water partition coefficient (Wildman–Crippen LogP) is 2.18. The van der Waals surface area contributed by atoms with Crippen molar-refractivity contribution in [1.82, 2.24) is 4.90 Å². The maximum atomic E-state index is 12.3. The number of amides is 1. The number of rotatable bonds is 5. The van der Waals surface area contributed by atoms with Crippen molar-refractivity contribution in [2.75, 3.05) is 20.8 Å². The molecule has 23 heavy (non-hydrogen) atoms. The van der Waals surface area contributed by atoms with Crippen molar-refractivity contribution in [3.8, 4) is 11.5 Å². The van der Waals surface area contributed by atoms with Crippen molar-refractivity contribution in [1.29, 1.82) is 0 Å². The second-order valence-corrected chi connectivity index (χ2v) is 5.36. The lowest BCUT2D eigenvalue weighted by Crippen LogP contribution is -2.47. The Morgan fingerprint density at radius 2 is 1.83 bits per heavy atom. The second kappa shape index (κ2) is 7.67. The minimum atomic E-state index is -0.950. The van der Waals surface area contributed by atoms with Crippen molar-refractivity contribution in [2.45, 2.75) is 25.3 Å². The molecule has 0 aromatic heterocycles. The minimum absolute atomic E-state index is 0.293. The molecule has 1 unspecified atom stereocenters. The Bertz CT molecular complexity index is 589. The van der Waals surface area contributed by atoms with Gasteiger partial charge in [-0.15, -0.1) is 0 Å². The summed E-state index contributed by atoms with van der Waals surface area (Å²) in [6.45, 7) is 0.474. The normalized spacial score (nSPS) is 18.0. The lowest BCUT2D eigenvalue weighted by Gasteiger charge is -2.32. The molecule has 1 amide bonds. The molecule has 0 radical (unpaired) electrons. The summed E-state index contributed by atoms with van der Waals surface area (Å²) in [4.78, 5) is 25.0. The molecule has 1 aromatic rings. The summed E-state index contributed by atoms with van der Waals surface area (Å²) >= 11 is 0. The van der Waals surface area contributed by atoms with Crippen molar-refractivity contribution in [3.63, 3.8) is 0 Å². The maximum Gasteiger partial charge on any atom is 0.326 e. The first kappa shape index (κ1) is 16.9. The van der Waals surface area contributed by atoms with Crippen molar-refractivity contribution in [3.05, 3.63) is 29.8 Å². The molecule has 6 nitrogen and oxygen atoms in total. The number of carboxylic acid groups (broad SMARTS) is 1. The Kier molecular flexibility index (Phi) is 5.62. The Hall–Kier alpha value is -2.50. The molecular weight excluding hydrogens is 298 g/mol. The average molecular weight is 319 g/mol. The zero-order valence-electron chi connectivity index (χ0n) is 13.3. The maximum absolute atomic E-state index is 12.3. The van der Waals surface area contributed by atoms with E-state index in [1.54, 1.807) is 38.5 Å². The quantitative estimate of drug-likeness (QED) is 0.842. The van der Waals surface area contributed by atoms with Crippen LogP contribution in [0.15, 0.2) is 24.3 Å². The van der Waals surface area contributed by atoms with Gasteiger partial charge in [-0.2, -0.15) is 0 Å². The first-order valence-electron chi connectivity index (χ1n) is 7.49. The van der Waals surface area contributed by atoms with Gasteiger partial charge in [-0.3, -0.25) is 4.79 Å². The largest absolute Gasteiger partial charge is 0.497 e. The van der Waals surface area contributed by atoms with Gasteiger partial charge < -0.3 is 19.5 Å². The number of likely N-dealkylation sites (tertiary alicyclic amines) is 1. The summed E-state index contributed by atoms with van der Waals surface area (Å²) < 4.78 is 10.4. The standard InChI is InChI=1S/C17H21NO5/c1-22-13-9-12(10-14(11-13)23-2)6-7-16(19)18-8-4-3-5-15(18)17(20)21/h6-7,9-11,15H,3-5,8H2,1-2H3,(H,20,21). The third-order valence-corrected chi connectivity index (χ3v) is 3.86. The fourth-order valence-corrected chi connectivity index (χ4v) is 2.64. The molecule has 2 rings (SSSR count). The molecule has 6 heteroatoms. The SMILES string of the molecule is COc1cc(C=CC(=O)N2CCCCC2C(=O)O)cc(OC)c1. The van der Waals surface area contributed by atoms with Crippen LogP contribution in [0.2, 0.25) is 0 Å². The lowest BCUT2D eigenvalue weighted by atomic mass is 10.0. The number of aliphatic carboxylic acids is 1. The highest BCUT2D eigenvalue weighted by Gasteiger charge is 2.30. The van der Waals surface area contributed by atoms with Gasteiger partial charge in [0.1, 0.15) is 17.5 Å². The number of hydrogen-bond acceptors (Lipinski definition) is 4. The highest BCUT2D eigenvalue weighted by atomic mass is 16.5. The predicted molar refractivity (Wildman–Crippen MR) is 85.6 cm³/mol. The molecule has 0 aliphatic carbocycles. The summed E-state index contributed by atoms with van der Waals surface area (Å²) in [6, 6.07) is 4.55. The van der Waals surface area contributed by atoms with E-state index < -0.39 is 12.0 Å². The molecule has 1 N–H and O–H groups in total. The summed E-state index contributed by atoms with van der Waals surface area (Å²) in [6.07, 6.45) is 5.20. The van der Waals surface area contributed by atoms with E-state index in [1.807, 2.05) is 0 Å². The van der Waals surface area contributed by atoms with Crippen LogP contribution in [0.1, 0.15) is 24.8 Å². The third kappa shape index (κ3) is 4.25. The summed E-state index contributed by atoms with van der Waals surface area (Å²) in [7, 11) is 3.11. The highest BCUT2D eigenvalue weighted by molar-refractivity contribution is 5.94. The first-order valence-corrected chi connectivity index (χ1v) is 7.49. The Morgan fingerprint density at radius 1 is 1.17 bits per heavy atom. The first-order chi connectivity index (χ1) is 11.0. The van der Waals surface area contributed by atoms with E-state index in [9.17, 15) is 14.7 Å². The van der Waals surface area contributed by atoms with Gasteiger partial charge in [0.15, 0.2) is 0 Å². The molecule has 1 fully saturated rings. The fraction of sp³-hybridized carbons (Fsp3) is 0.412. The molecule has 1 saturated heterocycles. The van der Waals surface area contributed by atoms with E-state index in [1.165, 1.54) is 11.0 Å². The van der Waals surface area contributed by atoms with Crippen molar-refractivity contribution < 1.29 is 24.2 Å². The van der Waals surface area contributed by atoms with E-state index in [2.05, 4.69) is 0 Å². The zero-order valence-corrected chi connectivity index (χ0v) is 13.3. The van der Waals surface area contributed by atoms with Crippen LogP contribution < -0.4 is 9.47 Å². The summed E-state index contributed by atoms with van der Waals surface area (Å²) in [5.74, 6) is 0.00375. The molecular formula is C17H21NO5. The minimum Gasteiger partial charge on any atom is -0.497 e. The topological polar surface area (TPSA) is 76.1 Å². The van der Waals surface area contributed by atoms with Gasteiger partial charge in [0.2, 0.25) is 5.91 Å². The van der Waals surface area contributed by atoms with Crippen LogP contribution in [0.5, 0.6) is 11.5 Å². The molecule has 124 valence electrons. The van der Waals surface area contributed by atoms with Gasteiger partial charge in [0, 0.05) is 18.7 Å². The number of carbonyl (C=O) groups is 2. The molecule has 0 saturated carbocycles. The van der Waals surface area contributed by atoms with Crippen LogP contribution in [0.4, 0.5) is 0 Å². The van der Waals surface area contributed by atoms with Gasteiger partial charge in [-0.1, -0.05) is 0 Å². The second-order valence-electron chi connectivity index (χ2n) is 5.36. The van der Waals surface area contributed by atoms with Crippen LogP contribution in [-0.2, 0) is 9.59 Å². The smallest absolute Gasteiger partial charge is 0.326 e. The van der Waals surface area contributed by atoms with Crippen molar-refractivity contribution in [2.24, 2.45) is 0 Å². The van der Waals surface area contributed by atoms with E-state index in [0.29, 0.717) is 24.5 Å². The molecule has 1 heterocycles. The number of ether oxygens (including phenoxy) is 2. The summed E-state index contributed by atoms with van der Waals surface area (Å²) in [5.41, 5.74) is 0.749. The Labute approximate surface area is 135 Å². The van der Waals surface area contributed by atoms with Gasteiger partial charge in [-0.25, -0.2) is 4.79 Å².